The fourth-order valence-electron chi connectivity index (χ4n) is 2.58. The van der Waals surface area contributed by atoms with E-state index in [1.54, 1.807) is 0 Å². The molecule has 0 unspecified atom stereocenters. The standard InChI is InChI=1S/C19H24N2O2/c1-2-4-18(5-3-1)20-16-17-6-8-19(9-7-17)23-15-12-21-10-13-22-14-11-21/h1-9,20H,10-16H2. The molecule has 0 saturated carbocycles. The average molecular weight is 312 g/mol. The van der Waals surface area contributed by atoms with Crippen LogP contribution in [0.2, 0.25) is 0 Å². The van der Waals surface area contributed by atoms with Crippen LogP contribution in [0, 0.1) is 0 Å². The number of morpholine rings is 1. The lowest BCUT2D eigenvalue weighted by Gasteiger charge is -2.26. The van der Waals surface area contributed by atoms with E-state index in [0.717, 1.165) is 57.4 Å². The number of rotatable bonds is 7. The maximum Gasteiger partial charge on any atom is 0.119 e. The van der Waals surface area contributed by atoms with Crippen LogP contribution < -0.4 is 10.1 Å². The Morgan fingerprint density at radius 1 is 0.957 bits per heavy atom. The molecule has 1 aliphatic rings. The molecule has 23 heavy (non-hydrogen) atoms. The van der Waals surface area contributed by atoms with Crippen molar-refractivity contribution >= 4 is 5.69 Å². The molecule has 0 atom stereocenters. The first-order valence-electron chi connectivity index (χ1n) is 8.21. The smallest absolute Gasteiger partial charge is 0.119 e. The Bertz CT molecular complexity index is 566. The summed E-state index contributed by atoms with van der Waals surface area (Å²) in [5, 5.41) is 3.41. The Hall–Kier alpha value is -2.04. The van der Waals surface area contributed by atoms with Crippen molar-refractivity contribution in [1.29, 1.82) is 0 Å². The zero-order chi connectivity index (χ0) is 15.7. The van der Waals surface area contributed by atoms with Gasteiger partial charge in [0.1, 0.15) is 12.4 Å². The fourth-order valence-corrected chi connectivity index (χ4v) is 2.58. The summed E-state index contributed by atoms with van der Waals surface area (Å²) in [6.45, 7) is 6.19. The lowest BCUT2D eigenvalue weighted by molar-refractivity contribution is 0.0322. The molecule has 3 rings (SSSR count). The van der Waals surface area contributed by atoms with E-state index < -0.39 is 0 Å². The molecule has 1 aliphatic heterocycles. The third-order valence-electron chi connectivity index (χ3n) is 3.97. The first kappa shape index (κ1) is 15.8. The summed E-state index contributed by atoms with van der Waals surface area (Å²) in [5.41, 5.74) is 2.38. The number of hydrogen-bond donors (Lipinski definition) is 1. The second kappa shape index (κ2) is 8.56. The minimum absolute atomic E-state index is 0.724. The lowest BCUT2D eigenvalue weighted by atomic mass is 10.2. The third kappa shape index (κ3) is 5.27. The van der Waals surface area contributed by atoms with Gasteiger partial charge in [0.25, 0.3) is 0 Å². The van der Waals surface area contributed by atoms with E-state index in [2.05, 4.69) is 34.5 Å². The molecule has 1 N–H and O–H groups in total. The quantitative estimate of drug-likeness (QED) is 0.852. The van der Waals surface area contributed by atoms with Crippen molar-refractivity contribution in [2.24, 2.45) is 0 Å². The number of hydrogen-bond acceptors (Lipinski definition) is 4. The van der Waals surface area contributed by atoms with Gasteiger partial charge in [0, 0.05) is 31.9 Å². The normalized spacial score (nSPS) is 15.3. The van der Waals surface area contributed by atoms with Crippen LogP contribution in [0.5, 0.6) is 5.75 Å². The SMILES string of the molecule is c1ccc(NCc2ccc(OCCN3CCOCC3)cc2)cc1. The molecule has 0 radical (unpaired) electrons. The van der Waals surface area contributed by atoms with Crippen LogP contribution in [0.4, 0.5) is 5.69 Å². The predicted molar refractivity (Wildman–Crippen MR) is 93.0 cm³/mol. The molecule has 1 heterocycles. The van der Waals surface area contributed by atoms with Crippen LogP contribution in [-0.2, 0) is 11.3 Å². The van der Waals surface area contributed by atoms with Crippen molar-refractivity contribution in [2.75, 3.05) is 44.8 Å². The van der Waals surface area contributed by atoms with E-state index in [1.807, 2.05) is 30.3 Å². The second-order valence-corrected chi connectivity index (χ2v) is 5.67. The number of nitrogens with zero attached hydrogens (tertiary/aromatic N) is 1. The van der Waals surface area contributed by atoms with Crippen LogP contribution in [-0.4, -0.2) is 44.4 Å². The van der Waals surface area contributed by atoms with Gasteiger partial charge in [0.2, 0.25) is 0 Å². The van der Waals surface area contributed by atoms with Gasteiger partial charge in [-0.25, -0.2) is 0 Å². The number of ether oxygens (including phenoxy) is 2. The molecule has 4 heteroatoms. The van der Waals surface area contributed by atoms with Crippen LogP contribution in [0.1, 0.15) is 5.56 Å². The fraction of sp³-hybridized carbons (Fsp3) is 0.368. The van der Waals surface area contributed by atoms with Crippen molar-refractivity contribution in [2.45, 2.75) is 6.54 Å². The first-order valence-corrected chi connectivity index (χ1v) is 8.21. The molecule has 0 amide bonds. The molecular formula is C19H24N2O2. The van der Waals surface area contributed by atoms with Crippen LogP contribution in [0.15, 0.2) is 54.6 Å². The highest BCUT2D eigenvalue weighted by atomic mass is 16.5. The zero-order valence-corrected chi connectivity index (χ0v) is 13.4. The predicted octanol–water partition coefficient (Wildman–Crippen LogP) is 3.01. The van der Waals surface area contributed by atoms with Gasteiger partial charge in [-0.15, -0.1) is 0 Å². The van der Waals surface area contributed by atoms with Crippen molar-refractivity contribution in [3.63, 3.8) is 0 Å². The van der Waals surface area contributed by atoms with Crippen LogP contribution in [0.25, 0.3) is 0 Å². The Labute approximate surface area is 138 Å². The summed E-state index contributed by atoms with van der Waals surface area (Å²) < 4.78 is 11.2. The Morgan fingerprint density at radius 2 is 1.70 bits per heavy atom. The molecule has 0 aromatic heterocycles. The van der Waals surface area contributed by atoms with Crippen LogP contribution in [0.3, 0.4) is 0 Å². The van der Waals surface area contributed by atoms with E-state index in [4.69, 9.17) is 9.47 Å². The highest BCUT2D eigenvalue weighted by Gasteiger charge is 2.09. The Morgan fingerprint density at radius 3 is 2.43 bits per heavy atom. The van der Waals surface area contributed by atoms with Gasteiger partial charge in [-0.1, -0.05) is 30.3 Å². The van der Waals surface area contributed by atoms with E-state index in [9.17, 15) is 0 Å². The minimum Gasteiger partial charge on any atom is -0.492 e. The average Bonchev–Trinajstić information content (AvgIpc) is 2.63. The summed E-state index contributed by atoms with van der Waals surface area (Å²) in [6.07, 6.45) is 0. The van der Waals surface area contributed by atoms with Gasteiger partial charge in [0.05, 0.1) is 13.2 Å². The van der Waals surface area contributed by atoms with Crippen molar-refractivity contribution < 1.29 is 9.47 Å². The molecule has 0 bridgehead atoms. The largest absolute Gasteiger partial charge is 0.492 e. The molecule has 0 aliphatic carbocycles. The summed E-state index contributed by atoms with van der Waals surface area (Å²) in [4.78, 5) is 2.38. The summed E-state index contributed by atoms with van der Waals surface area (Å²) in [7, 11) is 0. The molecule has 1 saturated heterocycles. The maximum atomic E-state index is 5.82. The second-order valence-electron chi connectivity index (χ2n) is 5.67. The van der Waals surface area contributed by atoms with Crippen LogP contribution >= 0.6 is 0 Å². The molecule has 1 fully saturated rings. The van der Waals surface area contributed by atoms with E-state index in [-0.39, 0.29) is 0 Å². The van der Waals surface area contributed by atoms with Gasteiger partial charge < -0.3 is 14.8 Å². The van der Waals surface area contributed by atoms with Crippen molar-refractivity contribution in [3.05, 3.63) is 60.2 Å². The monoisotopic (exact) mass is 312 g/mol. The molecule has 122 valence electrons. The Kier molecular flexibility index (Phi) is 5.89. The zero-order valence-electron chi connectivity index (χ0n) is 13.4. The lowest BCUT2D eigenvalue weighted by Crippen LogP contribution is -2.38. The molecule has 2 aromatic rings. The molecule has 4 nitrogen and oxygen atoms in total. The summed E-state index contributed by atoms with van der Waals surface area (Å²) >= 11 is 0. The minimum atomic E-state index is 0.724. The molecule has 0 spiro atoms. The highest BCUT2D eigenvalue weighted by molar-refractivity contribution is 5.43. The van der Waals surface area contributed by atoms with Gasteiger partial charge >= 0.3 is 0 Å². The van der Waals surface area contributed by atoms with Gasteiger partial charge in [-0.05, 0) is 29.8 Å². The number of nitrogens with one attached hydrogen (secondary N) is 1. The van der Waals surface area contributed by atoms with Gasteiger partial charge in [0.15, 0.2) is 0 Å². The van der Waals surface area contributed by atoms with E-state index in [1.165, 1.54) is 5.56 Å². The number of benzene rings is 2. The summed E-state index contributed by atoms with van der Waals surface area (Å²) in [6, 6.07) is 18.5. The van der Waals surface area contributed by atoms with Crippen molar-refractivity contribution in [3.8, 4) is 5.75 Å². The first-order chi connectivity index (χ1) is 11.4. The third-order valence-corrected chi connectivity index (χ3v) is 3.97. The topological polar surface area (TPSA) is 33.7 Å². The summed E-state index contributed by atoms with van der Waals surface area (Å²) in [5.74, 6) is 0.932. The van der Waals surface area contributed by atoms with E-state index in [0.29, 0.717) is 0 Å². The van der Waals surface area contributed by atoms with Crippen molar-refractivity contribution in [1.82, 2.24) is 4.90 Å². The molecule has 2 aromatic carbocycles. The maximum absolute atomic E-state index is 5.82. The number of anilines is 1. The van der Waals surface area contributed by atoms with E-state index >= 15 is 0 Å². The number of para-hydroxylation sites is 1. The molecular weight excluding hydrogens is 288 g/mol. The van der Waals surface area contributed by atoms with Gasteiger partial charge in [-0.2, -0.15) is 0 Å². The highest BCUT2D eigenvalue weighted by Crippen LogP contribution is 2.14. The van der Waals surface area contributed by atoms with Gasteiger partial charge in [-0.3, -0.25) is 4.90 Å². The Balaban J connectivity index is 1.40.